The van der Waals surface area contributed by atoms with Crippen molar-refractivity contribution in [2.75, 3.05) is 12.4 Å². The molecule has 1 aromatic rings. The van der Waals surface area contributed by atoms with Crippen molar-refractivity contribution in [3.63, 3.8) is 0 Å². The van der Waals surface area contributed by atoms with E-state index in [9.17, 15) is 13.2 Å². The molecule has 0 fully saturated rings. The van der Waals surface area contributed by atoms with Gasteiger partial charge in [0.25, 0.3) is 0 Å². The zero-order valence-corrected chi connectivity index (χ0v) is 11.9. The molecule has 19 heavy (non-hydrogen) atoms. The highest BCUT2D eigenvalue weighted by Gasteiger charge is 2.14. The van der Waals surface area contributed by atoms with Crippen LogP contribution in [0.3, 0.4) is 0 Å². The van der Waals surface area contributed by atoms with Gasteiger partial charge in [-0.25, -0.2) is 0 Å². The van der Waals surface area contributed by atoms with Crippen LogP contribution in [0.4, 0.5) is 0 Å². The fourth-order valence-corrected chi connectivity index (χ4v) is 2.39. The molecule has 0 aliphatic heterocycles. The van der Waals surface area contributed by atoms with Gasteiger partial charge in [0.05, 0.1) is 12.4 Å². The number of ether oxygens (including phenoxy) is 1. The minimum absolute atomic E-state index is 0.0737. The van der Waals surface area contributed by atoms with E-state index in [4.69, 9.17) is 8.92 Å². The molecule has 0 N–H and O–H groups in total. The summed E-state index contributed by atoms with van der Waals surface area (Å²) in [6.07, 6.45) is 0.261. The van der Waals surface area contributed by atoms with E-state index in [1.165, 1.54) is 0 Å². The van der Waals surface area contributed by atoms with Gasteiger partial charge >= 0.3 is 16.1 Å². The van der Waals surface area contributed by atoms with E-state index in [2.05, 4.69) is 0 Å². The average Bonchev–Trinajstić information content (AvgIpc) is 2.32. The van der Waals surface area contributed by atoms with Crippen molar-refractivity contribution in [2.45, 2.75) is 26.7 Å². The van der Waals surface area contributed by atoms with Crippen molar-refractivity contribution in [1.29, 1.82) is 0 Å². The fraction of sp³-hybridized carbons (Fsp3) is 0.462. The molecule has 0 aliphatic rings. The Kier molecular flexibility index (Phi) is 5.82. The summed E-state index contributed by atoms with van der Waals surface area (Å²) in [5.41, 5.74) is 1.02. The van der Waals surface area contributed by atoms with E-state index in [1.807, 2.05) is 6.92 Å². The molecule has 0 aliphatic carbocycles. The van der Waals surface area contributed by atoms with Crippen LogP contribution < -0.4 is 4.18 Å². The second-order valence-corrected chi connectivity index (χ2v) is 5.76. The van der Waals surface area contributed by atoms with Crippen LogP contribution >= 0.6 is 0 Å². The van der Waals surface area contributed by atoms with E-state index < -0.39 is 16.1 Å². The third kappa shape index (κ3) is 6.24. The lowest BCUT2D eigenvalue weighted by atomic mass is 10.2. The number of esters is 1. The molecule has 0 amide bonds. The normalized spacial score (nSPS) is 11.1. The maximum absolute atomic E-state index is 11.6. The topological polar surface area (TPSA) is 69.7 Å². The second-order valence-electron chi connectivity index (χ2n) is 4.07. The van der Waals surface area contributed by atoms with Gasteiger partial charge in [0, 0.05) is 6.42 Å². The molecular formula is C13H18O5S. The van der Waals surface area contributed by atoms with E-state index in [-0.39, 0.29) is 24.3 Å². The highest BCUT2D eigenvalue weighted by molar-refractivity contribution is 7.87. The maximum atomic E-state index is 11.6. The summed E-state index contributed by atoms with van der Waals surface area (Å²) in [6.45, 7) is 3.90. The first-order valence-corrected chi connectivity index (χ1v) is 7.65. The Hall–Kier alpha value is -1.56. The van der Waals surface area contributed by atoms with Crippen LogP contribution in [-0.4, -0.2) is 26.7 Å². The Morgan fingerprint density at radius 2 is 1.84 bits per heavy atom. The molecule has 0 spiro atoms. The maximum Gasteiger partial charge on any atom is 0.309 e. The molecule has 5 nitrogen and oxygen atoms in total. The minimum atomic E-state index is -3.67. The highest BCUT2D eigenvalue weighted by atomic mass is 32.2. The quantitative estimate of drug-likeness (QED) is 0.566. The van der Waals surface area contributed by atoms with Crippen LogP contribution in [0.25, 0.3) is 0 Å². The molecule has 1 rings (SSSR count). The predicted octanol–water partition coefficient (Wildman–Crippen LogP) is 2.05. The number of hydrogen-bond acceptors (Lipinski definition) is 5. The van der Waals surface area contributed by atoms with Crippen molar-refractivity contribution in [2.24, 2.45) is 0 Å². The van der Waals surface area contributed by atoms with E-state index in [1.54, 1.807) is 31.2 Å². The molecule has 0 saturated heterocycles. The zero-order chi connectivity index (χ0) is 14.3. The molecular weight excluding hydrogens is 268 g/mol. The van der Waals surface area contributed by atoms with E-state index >= 15 is 0 Å². The molecule has 0 bridgehead atoms. The van der Waals surface area contributed by atoms with Gasteiger partial charge in [0.1, 0.15) is 5.75 Å². The molecule has 0 heterocycles. The predicted molar refractivity (Wildman–Crippen MR) is 71.5 cm³/mol. The molecule has 6 heteroatoms. The van der Waals surface area contributed by atoms with Gasteiger partial charge in [-0.3, -0.25) is 4.79 Å². The summed E-state index contributed by atoms with van der Waals surface area (Å²) in [7, 11) is -3.67. The third-order valence-electron chi connectivity index (χ3n) is 2.32. The standard InChI is InChI=1S/C13H18O5S/c1-3-17-13(14)5-4-10-19(15,16)18-12-8-6-11(2)7-9-12/h6-9H,3-5,10H2,1-2H3. The number of aryl methyl sites for hydroxylation is 1. The molecule has 0 atom stereocenters. The lowest BCUT2D eigenvalue weighted by Gasteiger charge is -2.07. The fourth-order valence-electron chi connectivity index (χ4n) is 1.41. The largest absolute Gasteiger partial charge is 0.466 e. The van der Waals surface area contributed by atoms with Gasteiger partial charge in [0.2, 0.25) is 0 Å². The molecule has 0 unspecified atom stereocenters. The molecule has 0 saturated carbocycles. The molecule has 1 aromatic carbocycles. The van der Waals surface area contributed by atoms with Crippen molar-refractivity contribution >= 4 is 16.1 Å². The van der Waals surface area contributed by atoms with E-state index in [0.29, 0.717) is 6.61 Å². The lowest BCUT2D eigenvalue weighted by molar-refractivity contribution is -0.143. The number of hydrogen-bond donors (Lipinski definition) is 0. The van der Waals surface area contributed by atoms with Gasteiger partial charge in [-0.15, -0.1) is 0 Å². The first kappa shape index (κ1) is 15.5. The zero-order valence-electron chi connectivity index (χ0n) is 11.1. The van der Waals surface area contributed by atoms with Crippen molar-refractivity contribution < 1.29 is 22.1 Å². The summed E-state index contributed by atoms with van der Waals surface area (Å²) >= 11 is 0. The Morgan fingerprint density at radius 3 is 2.42 bits per heavy atom. The summed E-state index contributed by atoms with van der Waals surface area (Å²) in [5, 5.41) is 0. The molecule has 0 aromatic heterocycles. The smallest absolute Gasteiger partial charge is 0.309 e. The summed E-state index contributed by atoms with van der Waals surface area (Å²) < 4.78 is 32.9. The Bertz CT molecular complexity index is 504. The molecule has 106 valence electrons. The van der Waals surface area contributed by atoms with Crippen LogP contribution in [0.2, 0.25) is 0 Å². The van der Waals surface area contributed by atoms with Gasteiger partial charge < -0.3 is 8.92 Å². The number of carbonyl (C=O) groups is 1. The van der Waals surface area contributed by atoms with Crippen LogP contribution in [0.5, 0.6) is 5.75 Å². The summed E-state index contributed by atoms with van der Waals surface area (Å²) in [4.78, 5) is 11.1. The van der Waals surface area contributed by atoms with Crippen LogP contribution in [0.15, 0.2) is 24.3 Å². The van der Waals surface area contributed by atoms with Gasteiger partial charge in [-0.05, 0) is 32.4 Å². The highest BCUT2D eigenvalue weighted by Crippen LogP contribution is 2.14. The van der Waals surface area contributed by atoms with Crippen LogP contribution in [0.1, 0.15) is 25.3 Å². The van der Waals surface area contributed by atoms with Crippen molar-refractivity contribution in [1.82, 2.24) is 0 Å². The monoisotopic (exact) mass is 286 g/mol. The van der Waals surface area contributed by atoms with E-state index in [0.717, 1.165) is 5.56 Å². The Labute approximate surface area is 113 Å². The lowest BCUT2D eigenvalue weighted by Crippen LogP contribution is -2.15. The third-order valence-corrected chi connectivity index (χ3v) is 3.56. The van der Waals surface area contributed by atoms with Gasteiger partial charge in [0.15, 0.2) is 0 Å². The van der Waals surface area contributed by atoms with Crippen molar-refractivity contribution in [3.8, 4) is 5.75 Å². The molecule has 0 radical (unpaired) electrons. The summed E-state index contributed by atoms with van der Waals surface area (Å²) in [6, 6.07) is 6.73. The van der Waals surface area contributed by atoms with Crippen LogP contribution in [-0.2, 0) is 19.6 Å². The SMILES string of the molecule is CCOC(=O)CCCS(=O)(=O)Oc1ccc(C)cc1. The Balaban J connectivity index is 2.44. The number of benzene rings is 1. The minimum Gasteiger partial charge on any atom is -0.466 e. The average molecular weight is 286 g/mol. The van der Waals surface area contributed by atoms with Crippen LogP contribution in [0, 0.1) is 6.92 Å². The van der Waals surface area contributed by atoms with Gasteiger partial charge in [-0.1, -0.05) is 17.7 Å². The first-order chi connectivity index (χ1) is 8.93. The van der Waals surface area contributed by atoms with Crippen molar-refractivity contribution in [3.05, 3.63) is 29.8 Å². The summed E-state index contributed by atoms with van der Waals surface area (Å²) in [5.74, 6) is -0.325. The second kappa shape index (κ2) is 7.13. The van der Waals surface area contributed by atoms with Gasteiger partial charge in [-0.2, -0.15) is 8.42 Å². The Morgan fingerprint density at radius 1 is 1.21 bits per heavy atom. The first-order valence-electron chi connectivity index (χ1n) is 6.07. The number of rotatable bonds is 7. The number of carbonyl (C=O) groups excluding carboxylic acids is 1.